The van der Waals surface area contributed by atoms with Crippen molar-refractivity contribution in [2.45, 2.75) is 0 Å². The average molecular weight is 272 g/mol. The number of nitrogen functional groups attached to an aromatic ring is 1. The number of hydrogen-bond donors (Lipinski definition) is 1. The molecule has 0 atom stereocenters. The standard InChI is InChI=1S/C16H13NO.ClH/c17-14-6-9-15(10-7-14)18-16-8-5-12-3-1-2-4-13(12)11-16;/h1-11H,17H2;1H. The Morgan fingerprint density at radius 2 is 1.32 bits per heavy atom. The van der Waals surface area contributed by atoms with Gasteiger partial charge in [-0.05, 0) is 47.2 Å². The molecule has 19 heavy (non-hydrogen) atoms. The minimum Gasteiger partial charge on any atom is -0.457 e. The van der Waals surface area contributed by atoms with Crippen molar-refractivity contribution in [2.75, 3.05) is 5.73 Å². The monoisotopic (exact) mass is 271 g/mol. The molecule has 0 bridgehead atoms. The zero-order valence-corrected chi connectivity index (χ0v) is 11.1. The van der Waals surface area contributed by atoms with Crippen molar-refractivity contribution in [3.05, 3.63) is 66.7 Å². The van der Waals surface area contributed by atoms with Gasteiger partial charge in [0, 0.05) is 5.69 Å². The Labute approximate surface area is 118 Å². The predicted octanol–water partition coefficient (Wildman–Crippen LogP) is 4.64. The molecule has 0 unspecified atom stereocenters. The van der Waals surface area contributed by atoms with Gasteiger partial charge in [-0.25, -0.2) is 0 Å². The lowest BCUT2D eigenvalue weighted by Gasteiger charge is -2.07. The summed E-state index contributed by atoms with van der Waals surface area (Å²) in [6, 6.07) is 21.7. The molecule has 0 radical (unpaired) electrons. The van der Waals surface area contributed by atoms with Crippen molar-refractivity contribution in [2.24, 2.45) is 0 Å². The molecule has 0 amide bonds. The Morgan fingerprint density at radius 1 is 0.684 bits per heavy atom. The average Bonchev–Trinajstić information content (AvgIpc) is 2.41. The van der Waals surface area contributed by atoms with Gasteiger partial charge < -0.3 is 10.5 Å². The molecule has 0 saturated heterocycles. The minimum atomic E-state index is 0. The first-order valence-electron chi connectivity index (χ1n) is 5.83. The van der Waals surface area contributed by atoms with E-state index in [0.29, 0.717) is 0 Å². The third-order valence-corrected chi connectivity index (χ3v) is 2.84. The van der Waals surface area contributed by atoms with Crippen molar-refractivity contribution >= 4 is 28.9 Å². The molecule has 0 aliphatic rings. The fraction of sp³-hybridized carbons (Fsp3) is 0. The van der Waals surface area contributed by atoms with E-state index in [1.54, 1.807) is 0 Å². The van der Waals surface area contributed by atoms with E-state index in [2.05, 4.69) is 18.2 Å². The lowest BCUT2D eigenvalue weighted by molar-refractivity contribution is 0.483. The second kappa shape index (κ2) is 5.63. The largest absolute Gasteiger partial charge is 0.457 e. The van der Waals surface area contributed by atoms with E-state index in [1.165, 1.54) is 10.8 Å². The number of halogens is 1. The van der Waals surface area contributed by atoms with Gasteiger partial charge in [0.05, 0.1) is 0 Å². The van der Waals surface area contributed by atoms with Crippen LogP contribution in [0.3, 0.4) is 0 Å². The third kappa shape index (κ3) is 2.98. The third-order valence-electron chi connectivity index (χ3n) is 2.84. The number of ether oxygens (including phenoxy) is 1. The lowest BCUT2D eigenvalue weighted by Crippen LogP contribution is -1.86. The topological polar surface area (TPSA) is 35.2 Å². The van der Waals surface area contributed by atoms with Crippen LogP contribution >= 0.6 is 12.4 Å². The summed E-state index contributed by atoms with van der Waals surface area (Å²) in [4.78, 5) is 0. The van der Waals surface area contributed by atoms with Crippen LogP contribution in [0.4, 0.5) is 5.69 Å². The molecule has 2 nitrogen and oxygen atoms in total. The first kappa shape index (κ1) is 13.2. The van der Waals surface area contributed by atoms with Crippen LogP contribution in [0.2, 0.25) is 0 Å². The molecule has 3 heteroatoms. The van der Waals surface area contributed by atoms with Crippen LogP contribution in [0.1, 0.15) is 0 Å². The highest BCUT2D eigenvalue weighted by Crippen LogP contribution is 2.25. The van der Waals surface area contributed by atoms with E-state index in [4.69, 9.17) is 10.5 Å². The summed E-state index contributed by atoms with van der Waals surface area (Å²) in [5.74, 6) is 1.62. The summed E-state index contributed by atoms with van der Waals surface area (Å²) < 4.78 is 5.79. The molecule has 0 aliphatic heterocycles. The van der Waals surface area contributed by atoms with Crippen molar-refractivity contribution in [3.63, 3.8) is 0 Å². The zero-order chi connectivity index (χ0) is 12.4. The van der Waals surface area contributed by atoms with Crippen molar-refractivity contribution in [1.29, 1.82) is 0 Å². The highest BCUT2D eigenvalue weighted by atomic mass is 35.5. The predicted molar refractivity (Wildman–Crippen MR) is 82.1 cm³/mol. The van der Waals surface area contributed by atoms with Crippen LogP contribution < -0.4 is 10.5 Å². The first-order chi connectivity index (χ1) is 8.81. The zero-order valence-electron chi connectivity index (χ0n) is 10.2. The second-order valence-corrected chi connectivity index (χ2v) is 4.18. The summed E-state index contributed by atoms with van der Waals surface area (Å²) in [6.07, 6.45) is 0. The molecule has 0 heterocycles. The number of nitrogens with two attached hydrogens (primary N) is 1. The number of benzene rings is 3. The van der Waals surface area contributed by atoms with Gasteiger partial charge in [-0.3, -0.25) is 0 Å². The number of fused-ring (bicyclic) bond motifs is 1. The van der Waals surface area contributed by atoms with E-state index in [1.807, 2.05) is 48.5 Å². The van der Waals surface area contributed by atoms with E-state index in [9.17, 15) is 0 Å². The van der Waals surface area contributed by atoms with Gasteiger partial charge in [0.25, 0.3) is 0 Å². The summed E-state index contributed by atoms with van der Waals surface area (Å²) >= 11 is 0. The van der Waals surface area contributed by atoms with E-state index >= 15 is 0 Å². The summed E-state index contributed by atoms with van der Waals surface area (Å²) in [5, 5.41) is 2.38. The molecule has 0 fully saturated rings. The van der Waals surface area contributed by atoms with Gasteiger partial charge in [0.15, 0.2) is 0 Å². The fourth-order valence-electron chi connectivity index (χ4n) is 1.90. The van der Waals surface area contributed by atoms with Crippen LogP contribution in [0.25, 0.3) is 10.8 Å². The molecule has 3 aromatic carbocycles. The van der Waals surface area contributed by atoms with E-state index in [0.717, 1.165) is 17.2 Å². The second-order valence-electron chi connectivity index (χ2n) is 4.18. The Balaban J connectivity index is 0.00000133. The van der Waals surface area contributed by atoms with E-state index < -0.39 is 0 Å². The fourth-order valence-corrected chi connectivity index (χ4v) is 1.90. The van der Waals surface area contributed by atoms with Crippen molar-refractivity contribution in [1.82, 2.24) is 0 Å². The van der Waals surface area contributed by atoms with Crippen molar-refractivity contribution in [3.8, 4) is 11.5 Å². The number of hydrogen-bond acceptors (Lipinski definition) is 2. The van der Waals surface area contributed by atoms with Gasteiger partial charge in [0.2, 0.25) is 0 Å². The molecular weight excluding hydrogens is 258 g/mol. The maximum Gasteiger partial charge on any atom is 0.128 e. The normalized spacial score (nSPS) is 9.89. The lowest BCUT2D eigenvalue weighted by atomic mass is 10.1. The smallest absolute Gasteiger partial charge is 0.128 e. The summed E-state index contributed by atoms with van der Waals surface area (Å²) in [6.45, 7) is 0. The maximum absolute atomic E-state index is 5.79. The molecule has 2 N–H and O–H groups in total. The van der Waals surface area contributed by atoms with Gasteiger partial charge in [-0.15, -0.1) is 12.4 Å². The SMILES string of the molecule is Cl.Nc1ccc(Oc2ccc3ccccc3c2)cc1. The Hall–Kier alpha value is -2.19. The molecule has 0 aliphatic carbocycles. The summed E-state index contributed by atoms with van der Waals surface area (Å²) in [7, 11) is 0. The van der Waals surface area contributed by atoms with Crippen LogP contribution in [0.15, 0.2) is 66.7 Å². The Morgan fingerprint density at radius 3 is 2.05 bits per heavy atom. The van der Waals surface area contributed by atoms with Crippen molar-refractivity contribution < 1.29 is 4.74 Å². The van der Waals surface area contributed by atoms with Gasteiger partial charge >= 0.3 is 0 Å². The highest BCUT2D eigenvalue weighted by Gasteiger charge is 1.99. The Bertz CT molecular complexity index is 680. The highest BCUT2D eigenvalue weighted by molar-refractivity contribution is 5.85. The van der Waals surface area contributed by atoms with Crippen LogP contribution in [0.5, 0.6) is 11.5 Å². The molecule has 3 rings (SSSR count). The van der Waals surface area contributed by atoms with Crippen LogP contribution in [-0.4, -0.2) is 0 Å². The molecule has 0 spiro atoms. The summed E-state index contributed by atoms with van der Waals surface area (Å²) in [5.41, 5.74) is 6.38. The minimum absolute atomic E-state index is 0. The van der Waals surface area contributed by atoms with Crippen LogP contribution in [0, 0.1) is 0 Å². The maximum atomic E-state index is 5.79. The Kier molecular flexibility index (Phi) is 3.93. The van der Waals surface area contributed by atoms with Gasteiger partial charge in [-0.2, -0.15) is 0 Å². The van der Waals surface area contributed by atoms with Crippen LogP contribution in [-0.2, 0) is 0 Å². The van der Waals surface area contributed by atoms with Gasteiger partial charge in [-0.1, -0.05) is 30.3 Å². The van der Waals surface area contributed by atoms with Gasteiger partial charge in [0.1, 0.15) is 11.5 Å². The molecule has 3 aromatic rings. The molecule has 0 aromatic heterocycles. The molecule has 0 saturated carbocycles. The first-order valence-corrected chi connectivity index (χ1v) is 5.83. The quantitative estimate of drug-likeness (QED) is 0.689. The number of anilines is 1. The number of rotatable bonds is 2. The molecular formula is C16H14ClNO. The molecule has 96 valence electrons. The van der Waals surface area contributed by atoms with E-state index in [-0.39, 0.29) is 12.4 Å².